The summed E-state index contributed by atoms with van der Waals surface area (Å²) in [6.45, 7) is 2.65. The van der Waals surface area contributed by atoms with E-state index in [0.29, 0.717) is 0 Å². The number of likely N-dealkylation sites (tertiary alicyclic amines) is 1. The Kier molecular flexibility index (Phi) is 5.29. The Morgan fingerprint density at radius 3 is 2.97 bits per heavy atom. The molecule has 1 amide bonds. The van der Waals surface area contributed by atoms with Crippen LogP contribution in [0.15, 0.2) is 59.6 Å². The van der Waals surface area contributed by atoms with E-state index in [0.717, 1.165) is 60.3 Å². The van der Waals surface area contributed by atoms with Gasteiger partial charge in [0.2, 0.25) is 5.91 Å². The number of carbonyl (C=O) groups excluding carboxylic acids is 1. The third kappa shape index (κ3) is 4.13. The highest BCUT2D eigenvalue weighted by Crippen LogP contribution is 2.24. The van der Waals surface area contributed by atoms with E-state index in [2.05, 4.69) is 43.6 Å². The monoisotopic (exact) mass is 417 g/mol. The van der Waals surface area contributed by atoms with Gasteiger partial charge in [-0.05, 0) is 43.1 Å². The number of anilines is 1. The van der Waals surface area contributed by atoms with Gasteiger partial charge in [0.15, 0.2) is 0 Å². The van der Waals surface area contributed by atoms with Crippen molar-refractivity contribution >= 4 is 33.8 Å². The van der Waals surface area contributed by atoms with E-state index >= 15 is 0 Å². The van der Waals surface area contributed by atoms with Gasteiger partial charge in [0.25, 0.3) is 0 Å². The number of aromatic nitrogens is 3. The standard InChI is InChI=1S/C23H23N5OS/c29-23(26-20-7-5-17(6-8-20)22-14-30-15-24-22)19-2-1-9-28(13-19)12-16-3-4-18-11-25-27-21(18)10-16/h3-8,10-11,14-15,19H,1-2,9,12-13H2,(H,25,27)(H,26,29). The number of benzene rings is 2. The summed E-state index contributed by atoms with van der Waals surface area (Å²) in [5.41, 5.74) is 6.99. The summed E-state index contributed by atoms with van der Waals surface area (Å²) in [6, 6.07) is 14.3. The highest BCUT2D eigenvalue weighted by Gasteiger charge is 2.26. The fraction of sp³-hybridized carbons (Fsp3) is 0.261. The van der Waals surface area contributed by atoms with Gasteiger partial charge in [-0.25, -0.2) is 4.98 Å². The largest absolute Gasteiger partial charge is 0.326 e. The Hall–Kier alpha value is -3.03. The lowest BCUT2D eigenvalue weighted by molar-refractivity contribution is -0.121. The van der Waals surface area contributed by atoms with Crippen LogP contribution < -0.4 is 5.32 Å². The van der Waals surface area contributed by atoms with Crippen LogP contribution in [0, 0.1) is 5.92 Å². The van der Waals surface area contributed by atoms with Crippen LogP contribution in [0.25, 0.3) is 22.2 Å². The number of piperidine rings is 1. The second-order valence-corrected chi connectivity index (χ2v) is 8.52. The molecule has 4 aromatic rings. The van der Waals surface area contributed by atoms with Gasteiger partial charge in [-0.1, -0.05) is 24.3 Å². The number of nitrogens with one attached hydrogen (secondary N) is 2. The first-order valence-corrected chi connectivity index (χ1v) is 11.1. The van der Waals surface area contributed by atoms with Crippen molar-refractivity contribution < 1.29 is 4.79 Å². The van der Waals surface area contributed by atoms with Gasteiger partial charge in [0.1, 0.15) is 0 Å². The molecule has 1 saturated heterocycles. The van der Waals surface area contributed by atoms with E-state index in [1.54, 1.807) is 11.3 Å². The average molecular weight is 418 g/mol. The van der Waals surface area contributed by atoms with Crippen LogP contribution in [-0.2, 0) is 11.3 Å². The van der Waals surface area contributed by atoms with E-state index in [1.807, 2.05) is 41.4 Å². The fourth-order valence-corrected chi connectivity index (χ4v) is 4.64. The maximum Gasteiger partial charge on any atom is 0.228 e. The lowest BCUT2D eigenvalue weighted by Crippen LogP contribution is -2.40. The molecule has 7 heteroatoms. The Labute approximate surface area is 179 Å². The molecule has 2 N–H and O–H groups in total. The zero-order chi connectivity index (χ0) is 20.3. The first-order valence-electron chi connectivity index (χ1n) is 10.2. The predicted molar refractivity (Wildman–Crippen MR) is 120 cm³/mol. The maximum absolute atomic E-state index is 12.9. The first kappa shape index (κ1) is 19.0. The molecule has 0 aliphatic carbocycles. The molecule has 0 spiro atoms. The molecule has 5 rings (SSSR count). The van der Waals surface area contributed by atoms with Gasteiger partial charge in [-0.3, -0.25) is 14.8 Å². The van der Waals surface area contributed by atoms with Crippen molar-refractivity contribution in [3.63, 3.8) is 0 Å². The van der Waals surface area contributed by atoms with Gasteiger partial charge in [-0.2, -0.15) is 5.10 Å². The average Bonchev–Trinajstić information content (AvgIpc) is 3.46. The van der Waals surface area contributed by atoms with Crippen molar-refractivity contribution in [3.05, 3.63) is 65.1 Å². The second-order valence-electron chi connectivity index (χ2n) is 7.81. The number of nitrogens with zero attached hydrogens (tertiary/aromatic N) is 3. The topological polar surface area (TPSA) is 73.9 Å². The zero-order valence-corrected chi connectivity index (χ0v) is 17.4. The van der Waals surface area contributed by atoms with E-state index in [9.17, 15) is 4.79 Å². The van der Waals surface area contributed by atoms with E-state index in [1.165, 1.54) is 5.56 Å². The van der Waals surface area contributed by atoms with Crippen molar-refractivity contribution in [1.29, 1.82) is 0 Å². The smallest absolute Gasteiger partial charge is 0.228 e. The summed E-state index contributed by atoms with van der Waals surface area (Å²) >= 11 is 1.58. The molecule has 6 nitrogen and oxygen atoms in total. The van der Waals surface area contributed by atoms with E-state index < -0.39 is 0 Å². The molecule has 1 fully saturated rings. The highest BCUT2D eigenvalue weighted by atomic mass is 32.1. The number of aromatic amines is 1. The molecule has 1 aliphatic rings. The van der Waals surface area contributed by atoms with Crippen molar-refractivity contribution in [1.82, 2.24) is 20.1 Å². The Balaban J connectivity index is 1.20. The molecular formula is C23H23N5OS. The Morgan fingerprint density at radius 1 is 1.23 bits per heavy atom. The molecular weight excluding hydrogens is 394 g/mol. The Bertz CT molecular complexity index is 1140. The van der Waals surface area contributed by atoms with Crippen LogP contribution in [0.1, 0.15) is 18.4 Å². The fourth-order valence-electron chi connectivity index (χ4n) is 4.08. The molecule has 0 saturated carbocycles. The summed E-state index contributed by atoms with van der Waals surface area (Å²) in [4.78, 5) is 19.6. The third-order valence-electron chi connectivity index (χ3n) is 5.67. The van der Waals surface area contributed by atoms with Gasteiger partial charge in [0.05, 0.1) is 28.8 Å². The number of H-pyrrole nitrogens is 1. The van der Waals surface area contributed by atoms with Crippen LogP contribution in [-0.4, -0.2) is 39.1 Å². The van der Waals surface area contributed by atoms with Crippen molar-refractivity contribution in [2.24, 2.45) is 5.92 Å². The normalized spacial score (nSPS) is 17.3. The quantitative estimate of drug-likeness (QED) is 0.500. The highest BCUT2D eigenvalue weighted by molar-refractivity contribution is 7.07. The molecule has 2 aromatic heterocycles. The maximum atomic E-state index is 12.9. The minimum absolute atomic E-state index is 0.00727. The molecule has 0 bridgehead atoms. The number of rotatable bonds is 5. The lowest BCUT2D eigenvalue weighted by Gasteiger charge is -2.32. The van der Waals surface area contributed by atoms with Crippen LogP contribution in [0.4, 0.5) is 5.69 Å². The van der Waals surface area contributed by atoms with Gasteiger partial charge in [-0.15, -0.1) is 11.3 Å². The first-order chi connectivity index (χ1) is 14.7. The van der Waals surface area contributed by atoms with Crippen molar-refractivity contribution in [2.75, 3.05) is 18.4 Å². The number of fused-ring (bicyclic) bond motifs is 1. The van der Waals surface area contributed by atoms with Crippen molar-refractivity contribution in [3.8, 4) is 11.3 Å². The lowest BCUT2D eigenvalue weighted by atomic mass is 9.96. The Morgan fingerprint density at radius 2 is 2.13 bits per heavy atom. The predicted octanol–water partition coefficient (Wildman–Crippen LogP) is 4.54. The number of carbonyl (C=O) groups is 1. The third-order valence-corrected chi connectivity index (χ3v) is 6.26. The molecule has 1 aliphatic heterocycles. The van der Waals surface area contributed by atoms with Crippen molar-refractivity contribution in [2.45, 2.75) is 19.4 Å². The van der Waals surface area contributed by atoms with Gasteiger partial charge >= 0.3 is 0 Å². The van der Waals surface area contributed by atoms with Crippen LogP contribution in [0.2, 0.25) is 0 Å². The van der Waals surface area contributed by atoms with Crippen LogP contribution >= 0.6 is 11.3 Å². The number of hydrogen-bond donors (Lipinski definition) is 2. The molecule has 152 valence electrons. The minimum atomic E-state index is 0.00727. The summed E-state index contributed by atoms with van der Waals surface area (Å²) in [7, 11) is 0. The zero-order valence-electron chi connectivity index (χ0n) is 16.5. The van der Waals surface area contributed by atoms with Crippen LogP contribution in [0.5, 0.6) is 0 Å². The van der Waals surface area contributed by atoms with Gasteiger partial charge < -0.3 is 5.32 Å². The summed E-state index contributed by atoms with van der Waals surface area (Å²) in [6.07, 6.45) is 3.80. The van der Waals surface area contributed by atoms with E-state index in [4.69, 9.17) is 0 Å². The number of hydrogen-bond acceptors (Lipinski definition) is 5. The second kappa shape index (κ2) is 8.38. The molecule has 0 radical (unpaired) electrons. The van der Waals surface area contributed by atoms with Gasteiger partial charge in [0, 0.05) is 35.1 Å². The molecule has 1 unspecified atom stereocenters. The minimum Gasteiger partial charge on any atom is -0.326 e. The molecule has 1 atom stereocenters. The van der Waals surface area contributed by atoms with Crippen LogP contribution in [0.3, 0.4) is 0 Å². The SMILES string of the molecule is O=C(Nc1ccc(-c2cscn2)cc1)C1CCCN(Cc2ccc3cn[nH]c3c2)C1. The molecule has 30 heavy (non-hydrogen) atoms. The number of amides is 1. The number of thiazole rings is 1. The summed E-state index contributed by atoms with van der Waals surface area (Å²) in [5.74, 6) is 0.109. The molecule has 3 heterocycles. The molecule has 2 aromatic carbocycles. The summed E-state index contributed by atoms with van der Waals surface area (Å²) < 4.78 is 0. The summed E-state index contributed by atoms with van der Waals surface area (Å²) in [5, 5.41) is 13.4. The van der Waals surface area contributed by atoms with E-state index in [-0.39, 0.29) is 11.8 Å².